The number of aromatic nitrogens is 2. The maximum atomic E-state index is 12.4. The van der Waals surface area contributed by atoms with E-state index in [1.807, 2.05) is 15.6 Å². The lowest BCUT2D eigenvalue weighted by Crippen LogP contribution is -2.43. The normalized spacial score (nSPS) is 22.0. The molecule has 2 aliphatic heterocycles. The number of amides is 1. The molecule has 0 radical (unpaired) electrons. The minimum Gasteiger partial charge on any atom is -0.335 e. The molecule has 1 amide bonds. The van der Waals surface area contributed by atoms with E-state index < -0.39 is 10.2 Å². The van der Waals surface area contributed by atoms with Gasteiger partial charge in [0.15, 0.2) is 0 Å². The van der Waals surface area contributed by atoms with E-state index in [1.165, 1.54) is 4.31 Å². The highest BCUT2D eigenvalue weighted by atomic mass is 32.2. The van der Waals surface area contributed by atoms with Gasteiger partial charge in [-0.15, -0.1) is 0 Å². The molecular formula is C16H25N5O3S. The van der Waals surface area contributed by atoms with Gasteiger partial charge in [-0.05, 0) is 31.7 Å². The molecule has 0 unspecified atom stereocenters. The minimum absolute atomic E-state index is 0.190. The molecule has 0 spiro atoms. The zero-order valence-corrected chi connectivity index (χ0v) is 15.2. The third-order valence-corrected chi connectivity index (χ3v) is 7.01. The van der Waals surface area contributed by atoms with Crippen molar-refractivity contribution >= 4 is 16.1 Å². The first-order valence-corrected chi connectivity index (χ1v) is 10.6. The van der Waals surface area contributed by atoms with Crippen molar-refractivity contribution in [3.63, 3.8) is 0 Å². The maximum Gasteiger partial charge on any atom is 0.279 e. The zero-order chi connectivity index (χ0) is 17.4. The molecule has 3 heterocycles. The average Bonchev–Trinajstić information content (AvgIpc) is 3.20. The maximum absolute atomic E-state index is 12.4. The van der Waals surface area contributed by atoms with Crippen LogP contribution in [0.2, 0.25) is 0 Å². The Balaban J connectivity index is 1.37. The van der Waals surface area contributed by atoms with Crippen LogP contribution < -0.4 is 4.72 Å². The molecule has 9 heteroatoms. The summed E-state index contributed by atoms with van der Waals surface area (Å²) in [5.74, 6) is 0.469. The third kappa shape index (κ3) is 3.45. The molecule has 4 rings (SSSR count). The first kappa shape index (κ1) is 17.0. The summed E-state index contributed by atoms with van der Waals surface area (Å²) in [5, 5.41) is 4.49. The van der Waals surface area contributed by atoms with Crippen molar-refractivity contribution in [3.8, 4) is 0 Å². The van der Waals surface area contributed by atoms with Crippen LogP contribution in [0.1, 0.15) is 43.5 Å². The number of carbonyl (C=O) groups is 1. The molecule has 1 aliphatic carbocycles. The first-order valence-electron chi connectivity index (χ1n) is 9.12. The van der Waals surface area contributed by atoms with Crippen molar-refractivity contribution in [2.75, 3.05) is 19.6 Å². The van der Waals surface area contributed by atoms with Gasteiger partial charge >= 0.3 is 0 Å². The number of hydrogen-bond acceptors (Lipinski definition) is 4. The molecule has 0 atom stereocenters. The van der Waals surface area contributed by atoms with Crippen LogP contribution in [0.25, 0.3) is 0 Å². The van der Waals surface area contributed by atoms with E-state index in [-0.39, 0.29) is 18.4 Å². The van der Waals surface area contributed by atoms with Crippen LogP contribution in [-0.2, 0) is 34.6 Å². The average molecular weight is 367 g/mol. The molecule has 0 bridgehead atoms. The summed E-state index contributed by atoms with van der Waals surface area (Å²) in [6.07, 6.45) is 5.02. The van der Waals surface area contributed by atoms with Gasteiger partial charge in [-0.2, -0.15) is 22.5 Å². The van der Waals surface area contributed by atoms with Crippen LogP contribution in [0.4, 0.5) is 0 Å². The SMILES string of the molecule is O=C(C1CCC1)N1CCn2nc(CNS(=O)(=O)N3CCCC3)cc2C1. The van der Waals surface area contributed by atoms with Gasteiger partial charge in [-0.25, -0.2) is 0 Å². The van der Waals surface area contributed by atoms with Gasteiger partial charge in [-0.1, -0.05) is 6.42 Å². The number of carbonyl (C=O) groups excluding carboxylic acids is 1. The van der Waals surface area contributed by atoms with E-state index in [2.05, 4.69) is 9.82 Å². The van der Waals surface area contributed by atoms with Crippen LogP contribution in [0, 0.1) is 5.92 Å². The van der Waals surface area contributed by atoms with Crippen LogP contribution in [0.15, 0.2) is 6.07 Å². The van der Waals surface area contributed by atoms with Gasteiger partial charge in [0, 0.05) is 25.6 Å². The smallest absolute Gasteiger partial charge is 0.279 e. The van der Waals surface area contributed by atoms with Crippen molar-refractivity contribution in [1.29, 1.82) is 0 Å². The monoisotopic (exact) mass is 367 g/mol. The standard InChI is InChI=1S/C16H25N5O3S/c22-16(13-4-3-5-13)19-8-9-21-15(12-19)10-14(18-21)11-17-25(23,24)20-6-1-2-7-20/h10,13,17H,1-9,11-12H2. The van der Waals surface area contributed by atoms with Crippen molar-refractivity contribution < 1.29 is 13.2 Å². The number of rotatable bonds is 5. The second kappa shape index (κ2) is 6.69. The van der Waals surface area contributed by atoms with Crippen LogP contribution in [0.5, 0.6) is 0 Å². The van der Waals surface area contributed by atoms with Crippen molar-refractivity contribution in [3.05, 3.63) is 17.5 Å². The molecular weight excluding hydrogens is 342 g/mol. The van der Waals surface area contributed by atoms with Gasteiger partial charge in [0.1, 0.15) is 0 Å². The lowest BCUT2D eigenvalue weighted by Gasteiger charge is -2.34. The topological polar surface area (TPSA) is 87.5 Å². The van der Waals surface area contributed by atoms with E-state index in [0.717, 1.165) is 37.8 Å². The fourth-order valence-electron chi connectivity index (χ4n) is 3.70. The second-order valence-electron chi connectivity index (χ2n) is 7.17. The first-order chi connectivity index (χ1) is 12.0. The summed E-state index contributed by atoms with van der Waals surface area (Å²) >= 11 is 0. The summed E-state index contributed by atoms with van der Waals surface area (Å²) < 4.78 is 30.5. The van der Waals surface area contributed by atoms with Gasteiger partial charge < -0.3 is 4.90 Å². The van der Waals surface area contributed by atoms with Gasteiger partial charge in [0.05, 0.1) is 31.0 Å². The molecule has 2 fully saturated rings. The highest BCUT2D eigenvalue weighted by Crippen LogP contribution is 2.29. The number of hydrogen-bond donors (Lipinski definition) is 1. The zero-order valence-electron chi connectivity index (χ0n) is 14.4. The van der Waals surface area contributed by atoms with E-state index in [1.54, 1.807) is 0 Å². The minimum atomic E-state index is -3.42. The van der Waals surface area contributed by atoms with Crippen LogP contribution in [0.3, 0.4) is 0 Å². The Hall–Kier alpha value is -1.45. The van der Waals surface area contributed by atoms with E-state index in [0.29, 0.717) is 38.4 Å². The molecule has 1 saturated heterocycles. The second-order valence-corrected chi connectivity index (χ2v) is 8.93. The Morgan fingerprint density at radius 1 is 1.16 bits per heavy atom. The largest absolute Gasteiger partial charge is 0.335 e. The van der Waals surface area contributed by atoms with Gasteiger partial charge in [-0.3, -0.25) is 9.48 Å². The fraction of sp³-hybridized carbons (Fsp3) is 0.750. The summed E-state index contributed by atoms with van der Waals surface area (Å²) in [5.41, 5.74) is 1.69. The van der Waals surface area contributed by atoms with Crippen molar-refractivity contribution in [1.82, 2.24) is 23.7 Å². The lowest BCUT2D eigenvalue weighted by atomic mass is 9.84. The predicted octanol–water partition coefficient (Wildman–Crippen LogP) is 0.456. The third-order valence-electron chi connectivity index (χ3n) is 5.46. The number of nitrogens with zero attached hydrogens (tertiary/aromatic N) is 4. The molecule has 25 heavy (non-hydrogen) atoms. The van der Waals surface area contributed by atoms with E-state index >= 15 is 0 Å². The fourth-order valence-corrected chi connectivity index (χ4v) is 4.95. The Morgan fingerprint density at radius 3 is 2.60 bits per heavy atom. The number of nitrogens with one attached hydrogen (secondary N) is 1. The summed E-state index contributed by atoms with van der Waals surface area (Å²) in [4.78, 5) is 14.3. The summed E-state index contributed by atoms with van der Waals surface area (Å²) in [6, 6.07) is 1.91. The Morgan fingerprint density at radius 2 is 1.92 bits per heavy atom. The van der Waals surface area contributed by atoms with Crippen LogP contribution in [-0.4, -0.2) is 52.9 Å². The highest BCUT2D eigenvalue weighted by molar-refractivity contribution is 7.87. The summed E-state index contributed by atoms with van der Waals surface area (Å²) in [7, 11) is -3.42. The van der Waals surface area contributed by atoms with Gasteiger partial charge in [0.2, 0.25) is 5.91 Å². The molecule has 1 aromatic heterocycles. The molecule has 1 aromatic rings. The molecule has 0 aromatic carbocycles. The highest BCUT2D eigenvalue weighted by Gasteiger charge is 2.32. The Labute approximate surface area is 148 Å². The predicted molar refractivity (Wildman–Crippen MR) is 91.6 cm³/mol. The Kier molecular flexibility index (Phi) is 4.55. The van der Waals surface area contributed by atoms with E-state index in [9.17, 15) is 13.2 Å². The van der Waals surface area contributed by atoms with Gasteiger partial charge in [0.25, 0.3) is 10.2 Å². The Bertz CT molecular complexity index is 750. The van der Waals surface area contributed by atoms with Crippen molar-refractivity contribution in [2.45, 2.75) is 51.7 Å². The molecule has 3 aliphatic rings. The summed E-state index contributed by atoms with van der Waals surface area (Å²) in [6.45, 7) is 3.30. The molecule has 8 nitrogen and oxygen atoms in total. The molecule has 1 saturated carbocycles. The molecule has 1 N–H and O–H groups in total. The molecule has 138 valence electrons. The lowest BCUT2D eigenvalue weighted by molar-refractivity contribution is -0.139. The van der Waals surface area contributed by atoms with Crippen LogP contribution >= 0.6 is 0 Å². The van der Waals surface area contributed by atoms with Crippen molar-refractivity contribution in [2.24, 2.45) is 5.92 Å². The van der Waals surface area contributed by atoms with E-state index in [4.69, 9.17) is 0 Å². The number of fused-ring (bicyclic) bond motifs is 1. The quantitative estimate of drug-likeness (QED) is 0.819.